The number of ether oxygens (including phenoxy) is 1. The van der Waals surface area contributed by atoms with Crippen LogP contribution in [0.5, 0.6) is 5.75 Å². The number of hydrogen-bond donors (Lipinski definition) is 3. The van der Waals surface area contributed by atoms with E-state index in [0.717, 1.165) is 77.3 Å². The zero-order valence-electron chi connectivity index (χ0n) is 25.8. The third-order valence-corrected chi connectivity index (χ3v) is 8.03. The average Bonchev–Trinajstić information content (AvgIpc) is 3.73. The van der Waals surface area contributed by atoms with Crippen molar-refractivity contribution in [2.45, 2.75) is 33.2 Å². The van der Waals surface area contributed by atoms with Gasteiger partial charge in [-0.1, -0.05) is 6.92 Å². The van der Waals surface area contributed by atoms with Gasteiger partial charge in [0.15, 0.2) is 0 Å². The molecule has 10 heteroatoms. The van der Waals surface area contributed by atoms with E-state index in [2.05, 4.69) is 43.1 Å². The van der Waals surface area contributed by atoms with Crippen molar-refractivity contribution in [1.29, 1.82) is 0 Å². The molecule has 9 nitrogen and oxygen atoms in total. The molecule has 0 radical (unpaired) electrons. The molecular formula is C35H39FN8O. The van der Waals surface area contributed by atoms with Crippen LogP contribution in [0.2, 0.25) is 0 Å². The number of nitrogen functional groups attached to an aromatic ring is 1. The predicted octanol–water partition coefficient (Wildman–Crippen LogP) is 5.85. The molecular weight excluding hydrogens is 567 g/mol. The Bertz CT molecular complexity index is 1810. The van der Waals surface area contributed by atoms with E-state index in [4.69, 9.17) is 15.5 Å². The third kappa shape index (κ3) is 7.02. The van der Waals surface area contributed by atoms with Gasteiger partial charge in [-0.15, -0.1) is 0 Å². The number of pyridine rings is 3. The van der Waals surface area contributed by atoms with Crippen LogP contribution in [0.15, 0.2) is 72.4 Å². The molecule has 0 atom stereocenters. The lowest BCUT2D eigenvalue weighted by Crippen LogP contribution is -2.25. The number of halogens is 1. The first-order valence-corrected chi connectivity index (χ1v) is 15.6. The molecule has 0 spiro atoms. The van der Waals surface area contributed by atoms with Crippen LogP contribution in [0.4, 0.5) is 10.1 Å². The molecule has 4 N–H and O–H groups in total. The normalized spacial score (nSPS) is 14.0. The van der Waals surface area contributed by atoms with Gasteiger partial charge in [-0.3, -0.25) is 24.8 Å². The number of anilines is 1. The molecule has 1 aromatic carbocycles. The summed E-state index contributed by atoms with van der Waals surface area (Å²) in [4.78, 5) is 24.2. The fourth-order valence-electron chi connectivity index (χ4n) is 5.81. The molecule has 1 fully saturated rings. The van der Waals surface area contributed by atoms with Crippen LogP contribution in [-0.2, 0) is 6.54 Å². The highest BCUT2D eigenvalue weighted by Gasteiger charge is 2.18. The van der Waals surface area contributed by atoms with Crippen LogP contribution in [0.1, 0.15) is 43.5 Å². The first kappa shape index (κ1) is 30.4. The second-order valence-corrected chi connectivity index (χ2v) is 11.2. The standard InChI is InChI=1S/C35H39FN8O/c1-3-38-17-23-11-25(19-39-18-23)32-16-29(31(37)21-42-32)35(41-4-2)33-15-28-30(20-40-22-34(28)43-33)24-12-26(36)14-27(13-24)45-10-9-44-7-5-6-8-44/h11-16,18-22,38,43H,3-10,17,37H2,1-2H3. The number of aromatic nitrogens is 4. The summed E-state index contributed by atoms with van der Waals surface area (Å²) in [5.74, 6) is 0.150. The van der Waals surface area contributed by atoms with E-state index in [1.165, 1.54) is 25.0 Å². The zero-order valence-corrected chi connectivity index (χ0v) is 25.8. The summed E-state index contributed by atoms with van der Waals surface area (Å²) in [6, 6.07) is 10.9. The Morgan fingerprint density at radius 1 is 1.00 bits per heavy atom. The van der Waals surface area contributed by atoms with Crippen molar-refractivity contribution in [3.63, 3.8) is 0 Å². The van der Waals surface area contributed by atoms with Crippen LogP contribution in [0.25, 0.3) is 33.3 Å². The summed E-state index contributed by atoms with van der Waals surface area (Å²) in [7, 11) is 0. The SMILES string of the molecule is CCN=C(c1cc2c(-c3cc(F)cc(OCCN4CCCC4)c3)cncc2[nH]1)c1cc(-c2cncc(CNCC)c2)ncc1N. The molecule has 1 aliphatic heterocycles. The molecule has 0 saturated carbocycles. The van der Waals surface area contributed by atoms with Crippen molar-refractivity contribution in [2.75, 3.05) is 45.1 Å². The monoisotopic (exact) mass is 606 g/mol. The fourth-order valence-corrected chi connectivity index (χ4v) is 5.81. The summed E-state index contributed by atoms with van der Waals surface area (Å²) in [5.41, 5.74) is 14.3. The number of hydrogen-bond acceptors (Lipinski definition) is 8. The summed E-state index contributed by atoms with van der Waals surface area (Å²) in [6.45, 7) is 9.75. The second-order valence-electron chi connectivity index (χ2n) is 11.2. The van der Waals surface area contributed by atoms with Crippen LogP contribution >= 0.6 is 0 Å². The number of benzene rings is 1. The maximum Gasteiger partial charge on any atom is 0.127 e. The number of fused-ring (bicyclic) bond motifs is 1. The van der Waals surface area contributed by atoms with Crippen molar-refractivity contribution < 1.29 is 9.13 Å². The van der Waals surface area contributed by atoms with Gasteiger partial charge in [-0.25, -0.2) is 4.39 Å². The van der Waals surface area contributed by atoms with Gasteiger partial charge in [0.1, 0.15) is 18.2 Å². The Balaban J connectivity index is 1.33. The Labute approximate surface area is 262 Å². The molecule has 45 heavy (non-hydrogen) atoms. The van der Waals surface area contributed by atoms with E-state index >= 15 is 0 Å². The summed E-state index contributed by atoms with van der Waals surface area (Å²) < 4.78 is 20.8. The third-order valence-electron chi connectivity index (χ3n) is 8.03. The molecule has 5 heterocycles. The smallest absolute Gasteiger partial charge is 0.127 e. The Kier molecular flexibility index (Phi) is 9.42. The molecule has 0 unspecified atom stereocenters. The van der Waals surface area contributed by atoms with E-state index in [1.807, 2.05) is 31.3 Å². The zero-order chi connectivity index (χ0) is 31.2. The van der Waals surface area contributed by atoms with E-state index in [1.54, 1.807) is 24.8 Å². The fraction of sp³-hybridized carbons (Fsp3) is 0.314. The van der Waals surface area contributed by atoms with Crippen molar-refractivity contribution >= 4 is 22.3 Å². The average molecular weight is 607 g/mol. The van der Waals surface area contributed by atoms with E-state index in [-0.39, 0.29) is 5.82 Å². The van der Waals surface area contributed by atoms with E-state index < -0.39 is 0 Å². The molecule has 0 aliphatic carbocycles. The van der Waals surface area contributed by atoms with Crippen molar-refractivity contribution in [2.24, 2.45) is 4.99 Å². The van der Waals surface area contributed by atoms with Gasteiger partial charge in [0.05, 0.1) is 40.7 Å². The minimum Gasteiger partial charge on any atom is -0.492 e. The maximum atomic E-state index is 14.8. The topological polar surface area (TPSA) is 117 Å². The summed E-state index contributed by atoms with van der Waals surface area (Å²) in [5, 5.41) is 4.23. The van der Waals surface area contributed by atoms with Gasteiger partial charge in [-0.2, -0.15) is 0 Å². The first-order valence-electron chi connectivity index (χ1n) is 15.6. The summed E-state index contributed by atoms with van der Waals surface area (Å²) in [6.07, 6.45) is 11.3. The van der Waals surface area contributed by atoms with Gasteiger partial charge in [-0.05, 0) is 80.9 Å². The van der Waals surface area contributed by atoms with Gasteiger partial charge in [0.2, 0.25) is 0 Å². The van der Waals surface area contributed by atoms with Crippen molar-refractivity contribution in [1.82, 2.24) is 30.2 Å². The number of aliphatic imine (C=N–C) groups is 1. The maximum absolute atomic E-state index is 14.8. The van der Waals surface area contributed by atoms with Crippen LogP contribution < -0.4 is 15.8 Å². The molecule has 1 aliphatic rings. The lowest BCUT2D eigenvalue weighted by molar-refractivity contribution is 0.237. The van der Waals surface area contributed by atoms with Gasteiger partial charge in [0.25, 0.3) is 0 Å². The number of aromatic amines is 1. The number of H-pyrrole nitrogens is 1. The van der Waals surface area contributed by atoms with Gasteiger partial charge >= 0.3 is 0 Å². The number of nitrogens with two attached hydrogens (primary N) is 1. The minimum atomic E-state index is -0.356. The minimum absolute atomic E-state index is 0.356. The molecule has 232 valence electrons. The van der Waals surface area contributed by atoms with E-state index in [0.29, 0.717) is 35.9 Å². The van der Waals surface area contributed by atoms with Crippen LogP contribution in [-0.4, -0.2) is 69.9 Å². The van der Waals surface area contributed by atoms with Crippen molar-refractivity contribution in [3.05, 3.63) is 90.0 Å². The molecule has 0 amide bonds. The largest absolute Gasteiger partial charge is 0.492 e. The van der Waals surface area contributed by atoms with Crippen LogP contribution in [0, 0.1) is 5.82 Å². The van der Waals surface area contributed by atoms with Gasteiger partial charge < -0.3 is 20.8 Å². The number of nitrogens with one attached hydrogen (secondary N) is 2. The Hall–Kier alpha value is -4.67. The Morgan fingerprint density at radius 2 is 1.84 bits per heavy atom. The lowest BCUT2D eigenvalue weighted by Gasteiger charge is -2.15. The molecule has 5 aromatic rings. The molecule has 0 bridgehead atoms. The molecule has 1 saturated heterocycles. The highest BCUT2D eigenvalue weighted by molar-refractivity contribution is 6.17. The molecule has 6 rings (SSSR count). The first-order chi connectivity index (χ1) is 22.0. The highest BCUT2D eigenvalue weighted by atomic mass is 19.1. The Morgan fingerprint density at radius 3 is 2.67 bits per heavy atom. The van der Waals surface area contributed by atoms with Gasteiger partial charge in [0, 0.05) is 66.4 Å². The second kappa shape index (κ2) is 14.0. The summed E-state index contributed by atoms with van der Waals surface area (Å²) >= 11 is 0. The lowest BCUT2D eigenvalue weighted by atomic mass is 10.0. The quantitative estimate of drug-likeness (QED) is 0.153. The van der Waals surface area contributed by atoms with E-state index in [9.17, 15) is 4.39 Å². The number of likely N-dealkylation sites (tertiary alicyclic amines) is 1. The molecule has 4 aromatic heterocycles. The number of nitrogens with zero attached hydrogens (tertiary/aromatic N) is 5. The highest BCUT2D eigenvalue weighted by Crippen LogP contribution is 2.33. The number of rotatable bonds is 12. The predicted molar refractivity (Wildman–Crippen MR) is 178 cm³/mol. The van der Waals surface area contributed by atoms with Crippen molar-refractivity contribution in [3.8, 4) is 28.1 Å². The van der Waals surface area contributed by atoms with Crippen LogP contribution in [0.3, 0.4) is 0 Å².